The number of pyridine rings is 1. The van der Waals surface area contributed by atoms with Crippen LogP contribution in [0.5, 0.6) is 0 Å². The molecule has 0 unspecified atom stereocenters. The SMILES string of the molecule is COC(=O)CCCNC(=S)N1CCN(c2ccc(C(F)(F)F)cn2)CC1. The zero-order valence-electron chi connectivity index (χ0n) is 14.4. The van der Waals surface area contributed by atoms with Crippen molar-refractivity contribution < 1.29 is 22.7 Å². The van der Waals surface area contributed by atoms with E-state index in [0.29, 0.717) is 56.5 Å². The van der Waals surface area contributed by atoms with Crippen molar-refractivity contribution in [3.05, 3.63) is 23.9 Å². The maximum absolute atomic E-state index is 12.6. The maximum atomic E-state index is 12.6. The molecule has 0 bridgehead atoms. The third kappa shape index (κ3) is 5.72. The van der Waals surface area contributed by atoms with Gasteiger partial charge in [-0.2, -0.15) is 13.2 Å². The first-order valence-corrected chi connectivity index (χ1v) is 8.60. The van der Waals surface area contributed by atoms with Crippen LogP contribution in [0, 0.1) is 0 Å². The summed E-state index contributed by atoms with van der Waals surface area (Å²) in [5.41, 5.74) is -0.753. The van der Waals surface area contributed by atoms with Crippen LogP contribution >= 0.6 is 12.2 Å². The summed E-state index contributed by atoms with van der Waals surface area (Å²) < 4.78 is 42.3. The minimum absolute atomic E-state index is 0.254. The molecule has 2 heterocycles. The number of alkyl halides is 3. The lowest BCUT2D eigenvalue weighted by atomic mass is 10.2. The Labute approximate surface area is 155 Å². The number of carbonyl (C=O) groups excluding carboxylic acids is 1. The van der Waals surface area contributed by atoms with Crippen LogP contribution < -0.4 is 10.2 Å². The molecule has 144 valence electrons. The van der Waals surface area contributed by atoms with E-state index in [0.717, 1.165) is 12.3 Å². The number of anilines is 1. The van der Waals surface area contributed by atoms with Crippen molar-refractivity contribution in [2.45, 2.75) is 19.0 Å². The van der Waals surface area contributed by atoms with Gasteiger partial charge in [-0.05, 0) is 30.8 Å². The molecule has 0 radical (unpaired) electrons. The van der Waals surface area contributed by atoms with Crippen LogP contribution in [0.25, 0.3) is 0 Å². The van der Waals surface area contributed by atoms with Crippen LogP contribution in [0.4, 0.5) is 19.0 Å². The van der Waals surface area contributed by atoms with Crippen LogP contribution in [0.3, 0.4) is 0 Å². The van der Waals surface area contributed by atoms with Gasteiger partial charge in [-0.25, -0.2) is 4.98 Å². The number of ether oxygens (including phenoxy) is 1. The normalized spacial score (nSPS) is 14.9. The number of thiocarbonyl (C=S) groups is 1. The highest BCUT2D eigenvalue weighted by molar-refractivity contribution is 7.80. The number of nitrogens with zero attached hydrogens (tertiary/aromatic N) is 3. The Bertz CT molecular complexity index is 617. The fourth-order valence-corrected chi connectivity index (χ4v) is 2.81. The summed E-state index contributed by atoms with van der Waals surface area (Å²) >= 11 is 5.33. The van der Waals surface area contributed by atoms with Crippen molar-refractivity contribution in [1.82, 2.24) is 15.2 Å². The molecule has 1 aliphatic rings. The first kappa shape index (κ1) is 20.2. The molecule has 6 nitrogen and oxygen atoms in total. The highest BCUT2D eigenvalue weighted by Gasteiger charge is 2.31. The van der Waals surface area contributed by atoms with E-state index in [2.05, 4.69) is 15.0 Å². The van der Waals surface area contributed by atoms with Gasteiger partial charge in [0.05, 0.1) is 12.7 Å². The van der Waals surface area contributed by atoms with Crippen LogP contribution in [0.15, 0.2) is 18.3 Å². The quantitative estimate of drug-likeness (QED) is 0.469. The maximum Gasteiger partial charge on any atom is 0.417 e. The Morgan fingerprint density at radius 2 is 2.00 bits per heavy atom. The fraction of sp³-hybridized carbons (Fsp3) is 0.562. The number of esters is 1. The number of hydrogen-bond donors (Lipinski definition) is 1. The summed E-state index contributed by atoms with van der Waals surface area (Å²) in [6.07, 6.45) is -2.56. The molecule has 0 spiro atoms. The lowest BCUT2D eigenvalue weighted by Crippen LogP contribution is -2.52. The number of rotatable bonds is 5. The van der Waals surface area contributed by atoms with E-state index in [1.807, 2.05) is 9.80 Å². The van der Waals surface area contributed by atoms with E-state index in [1.54, 1.807) is 0 Å². The molecule has 1 aliphatic heterocycles. The van der Waals surface area contributed by atoms with Crippen LogP contribution in [0.2, 0.25) is 0 Å². The van der Waals surface area contributed by atoms with Gasteiger partial charge in [-0.3, -0.25) is 4.79 Å². The average molecular weight is 390 g/mol. The number of piperazine rings is 1. The Morgan fingerprint density at radius 3 is 2.54 bits per heavy atom. The zero-order valence-corrected chi connectivity index (χ0v) is 15.2. The Balaban J connectivity index is 1.76. The summed E-state index contributed by atoms with van der Waals surface area (Å²) in [6.45, 7) is 3.09. The molecule has 2 rings (SSSR count). The molecule has 1 saturated heterocycles. The highest BCUT2D eigenvalue weighted by Crippen LogP contribution is 2.29. The van der Waals surface area contributed by atoms with Crippen molar-refractivity contribution in [3.8, 4) is 0 Å². The molecular formula is C16H21F3N4O2S. The van der Waals surface area contributed by atoms with E-state index in [-0.39, 0.29) is 5.97 Å². The lowest BCUT2D eigenvalue weighted by Gasteiger charge is -2.36. The summed E-state index contributed by atoms with van der Waals surface area (Å²) in [6, 6.07) is 2.43. The van der Waals surface area contributed by atoms with E-state index in [9.17, 15) is 18.0 Å². The first-order chi connectivity index (χ1) is 12.3. The Kier molecular flexibility index (Phi) is 7.01. The van der Waals surface area contributed by atoms with Crippen molar-refractivity contribution in [1.29, 1.82) is 0 Å². The predicted molar refractivity (Wildman–Crippen MR) is 94.9 cm³/mol. The van der Waals surface area contributed by atoms with Crippen molar-refractivity contribution in [2.24, 2.45) is 0 Å². The van der Waals surface area contributed by atoms with E-state index < -0.39 is 11.7 Å². The topological polar surface area (TPSA) is 57.7 Å². The molecule has 0 saturated carbocycles. The molecule has 0 amide bonds. The van der Waals surface area contributed by atoms with Gasteiger partial charge in [0.2, 0.25) is 0 Å². The van der Waals surface area contributed by atoms with E-state index >= 15 is 0 Å². The van der Waals surface area contributed by atoms with E-state index in [4.69, 9.17) is 12.2 Å². The van der Waals surface area contributed by atoms with Gasteiger partial charge in [0, 0.05) is 45.3 Å². The molecule has 10 heteroatoms. The molecule has 1 aromatic heterocycles. The van der Waals surface area contributed by atoms with Gasteiger partial charge in [-0.15, -0.1) is 0 Å². The smallest absolute Gasteiger partial charge is 0.417 e. The molecule has 26 heavy (non-hydrogen) atoms. The Hall–Kier alpha value is -2.10. The number of hydrogen-bond acceptors (Lipinski definition) is 5. The Morgan fingerprint density at radius 1 is 1.31 bits per heavy atom. The van der Waals surface area contributed by atoms with Gasteiger partial charge in [0.1, 0.15) is 5.82 Å². The molecule has 1 aromatic rings. The summed E-state index contributed by atoms with van der Waals surface area (Å²) in [7, 11) is 1.35. The molecule has 0 aromatic carbocycles. The lowest BCUT2D eigenvalue weighted by molar-refractivity contribution is -0.140. The number of halogens is 3. The monoisotopic (exact) mass is 390 g/mol. The summed E-state index contributed by atoms with van der Waals surface area (Å²) in [5, 5.41) is 3.71. The zero-order chi connectivity index (χ0) is 19.2. The van der Waals surface area contributed by atoms with Gasteiger partial charge in [-0.1, -0.05) is 0 Å². The van der Waals surface area contributed by atoms with E-state index in [1.165, 1.54) is 13.2 Å². The third-order valence-electron chi connectivity index (χ3n) is 4.03. The number of nitrogens with one attached hydrogen (secondary N) is 1. The minimum Gasteiger partial charge on any atom is -0.469 e. The van der Waals surface area contributed by atoms with Crippen molar-refractivity contribution in [2.75, 3.05) is 44.7 Å². The average Bonchev–Trinajstić information content (AvgIpc) is 2.64. The molecule has 0 atom stereocenters. The largest absolute Gasteiger partial charge is 0.469 e. The van der Waals surface area contributed by atoms with Crippen LogP contribution in [0.1, 0.15) is 18.4 Å². The van der Waals surface area contributed by atoms with Gasteiger partial charge in [0.15, 0.2) is 5.11 Å². The second kappa shape index (κ2) is 9.02. The molecule has 0 aliphatic carbocycles. The van der Waals surface area contributed by atoms with Crippen molar-refractivity contribution >= 4 is 29.1 Å². The van der Waals surface area contributed by atoms with Crippen LogP contribution in [-0.4, -0.2) is 60.8 Å². The number of carbonyl (C=O) groups is 1. The number of methoxy groups -OCH3 is 1. The molecular weight excluding hydrogens is 369 g/mol. The predicted octanol–water partition coefficient (Wildman–Crippen LogP) is 2.05. The second-order valence-corrected chi connectivity index (χ2v) is 6.18. The standard InChI is InChI=1S/C16H21F3N4O2S/c1-25-14(24)3-2-6-20-15(26)23-9-7-22(8-10-23)13-5-4-12(11-21-13)16(17,18)19/h4-5,11H,2-3,6-10H2,1H3,(H,20,26). The van der Waals surface area contributed by atoms with Crippen molar-refractivity contribution in [3.63, 3.8) is 0 Å². The minimum atomic E-state index is -4.38. The van der Waals surface area contributed by atoms with Gasteiger partial charge in [0.25, 0.3) is 0 Å². The van der Waals surface area contributed by atoms with Crippen LogP contribution in [-0.2, 0) is 15.7 Å². The third-order valence-corrected chi connectivity index (χ3v) is 4.43. The van der Waals surface area contributed by atoms with Gasteiger partial charge >= 0.3 is 12.1 Å². The summed E-state index contributed by atoms with van der Waals surface area (Å²) in [5.74, 6) is 0.268. The summed E-state index contributed by atoms with van der Waals surface area (Å²) in [4.78, 5) is 18.9. The fourth-order valence-electron chi connectivity index (χ4n) is 2.52. The molecule has 1 N–H and O–H groups in total. The highest BCUT2D eigenvalue weighted by atomic mass is 32.1. The molecule has 1 fully saturated rings. The second-order valence-electron chi connectivity index (χ2n) is 5.79. The first-order valence-electron chi connectivity index (χ1n) is 8.19. The number of aromatic nitrogens is 1. The van der Waals surface area contributed by atoms with Gasteiger partial charge < -0.3 is 19.9 Å².